The molecule has 0 radical (unpaired) electrons. The first-order valence-electron chi connectivity index (χ1n) is 11.1. The largest absolute Gasteiger partial charge is 0.366 e. The summed E-state index contributed by atoms with van der Waals surface area (Å²) in [5, 5.41) is 2.17. The van der Waals surface area contributed by atoms with Gasteiger partial charge in [-0.2, -0.15) is 0 Å². The minimum atomic E-state index is -0.213. The number of carbonyl (C=O) groups excluding carboxylic acids is 2. The molecule has 0 aromatic heterocycles. The van der Waals surface area contributed by atoms with Gasteiger partial charge >= 0.3 is 0 Å². The van der Waals surface area contributed by atoms with Gasteiger partial charge in [-0.3, -0.25) is 15.0 Å². The van der Waals surface area contributed by atoms with Crippen molar-refractivity contribution in [1.82, 2.24) is 20.2 Å². The zero-order valence-corrected chi connectivity index (χ0v) is 17.5. The van der Waals surface area contributed by atoms with E-state index in [9.17, 15) is 14.0 Å². The normalized spacial score (nSPS) is 32.2. The van der Waals surface area contributed by atoms with Crippen molar-refractivity contribution in [2.75, 3.05) is 44.7 Å². The van der Waals surface area contributed by atoms with Gasteiger partial charge in [0, 0.05) is 57.8 Å². The molecule has 3 aliphatic heterocycles. The molecule has 4 atom stereocenters. The van der Waals surface area contributed by atoms with Gasteiger partial charge in [-0.1, -0.05) is 12.1 Å². The maximum absolute atomic E-state index is 14.1. The Bertz CT molecular complexity index is 828. The molecule has 0 bridgehead atoms. The number of piperazine rings is 2. The molecule has 8 heteroatoms. The number of anilines is 1. The molecule has 2 amide bonds. The Labute approximate surface area is 176 Å². The highest BCUT2D eigenvalue weighted by Gasteiger charge is 2.50. The van der Waals surface area contributed by atoms with E-state index in [0.717, 1.165) is 32.2 Å². The number of hydrazine groups is 1. The monoisotopic (exact) mass is 415 g/mol. The number of rotatable bonds is 2. The summed E-state index contributed by atoms with van der Waals surface area (Å²) in [4.78, 5) is 31.9. The van der Waals surface area contributed by atoms with Crippen LogP contribution in [0.25, 0.3) is 0 Å². The highest BCUT2D eigenvalue weighted by molar-refractivity contribution is 5.84. The summed E-state index contributed by atoms with van der Waals surface area (Å²) in [6, 6.07) is 7.15. The van der Waals surface area contributed by atoms with Gasteiger partial charge in [0.25, 0.3) is 0 Å². The van der Waals surface area contributed by atoms with E-state index in [-0.39, 0.29) is 35.6 Å². The van der Waals surface area contributed by atoms with Crippen LogP contribution in [0.3, 0.4) is 0 Å². The molecule has 1 saturated carbocycles. The Morgan fingerprint density at radius 1 is 1.07 bits per heavy atom. The number of para-hydroxylation sites is 1. The lowest BCUT2D eigenvalue weighted by molar-refractivity contribution is -0.155. The number of nitrogens with zero attached hydrogens (tertiary/aromatic N) is 4. The molecular formula is C22H30FN5O2. The number of halogens is 1. The standard InChI is InChI=1S/C22H30FN5O2/c1-25-20-14-15(6-7-18(20)28-19(22(25)30)8-9-24-28)21(29)27-12-10-26(11-13-27)17-5-3-2-4-16(17)23/h2-5,15,18-20,24H,6-14H2,1H3. The molecule has 1 aromatic rings. The predicted octanol–water partition coefficient (Wildman–Crippen LogP) is 1.06. The van der Waals surface area contributed by atoms with Gasteiger partial charge in [0.2, 0.25) is 11.8 Å². The lowest BCUT2D eigenvalue weighted by Crippen LogP contribution is -2.67. The maximum atomic E-state index is 14.1. The molecular weight excluding hydrogens is 385 g/mol. The summed E-state index contributed by atoms with van der Waals surface area (Å²) in [7, 11) is 1.90. The highest BCUT2D eigenvalue weighted by Crippen LogP contribution is 2.37. The summed E-state index contributed by atoms with van der Waals surface area (Å²) in [6.45, 7) is 3.36. The Morgan fingerprint density at radius 3 is 2.60 bits per heavy atom. The highest BCUT2D eigenvalue weighted by atomic mass is 19.1. The van der Waals surface area contributed by atoms with Gasteiger partial charge in [0.1, 0.15) is 11.9 Å². The third-order valence-electron chi connectivity index (χ3n) is 7.45. The second-order valence-corrected chi connectivity index (χ2v) is 8.98. The van der Waals surface area contributed by atoms with Gasteiger partial charge in [-0.25, -0.2) is 9.40 Å². The van der Waals surface area contributed by atoms with Crippen LogP contribution in [0, 0.1) is 11.7 Å². The number of amides is 2. The molecule has 1 aliphatic carbocycles. The van der Waals surface area contributed by atoms with E-state index in [0.29, 0.717) is 37.9 Å². The van der Waals surface area contributed by atoms with Crippen LogP contribution >= 0.6 is 0 Å². The Kier molecular flexibility index (Phi) is 5.14. The third-order valence-corrected chi connectivity index (χ3v) is 7.45. The first-order chi connectivity index (χ1) is 14.5. The SMILES string of the molecule is CN1C(=O)C2CCNN2C2CCC(C(=O)N3CCN(c4ccccc4F)CC3)CC21. The summed E-state index contributed by atoms with van der Waals surface area (Å²) in [5.41, 5.74) is 4.01. The van der Waals surface area contributed by atoms with E-state index in [1.54, 1.807) is 12.1 Å². The lowest BCUT2D eigenvalue weighted by atomic mass is 9.78. The third kappa shape index (κ3) is 3.26. The van der Waals surface area contributed by atoms with E-state index >= 15 is 0 Å². The first kappa shape index (κ1) is 19.8. The van der Waals surface area contributed by atoms with Crippen molar-refractivity contribution in [2.24, 2.45) is 5.92 Å². The maximum Gasteiger partial charge on any atom is 0.241 e. The van der Waals surface area contributed by atoms with Crippen LogP contribution in [0.15, 0.2) is 24.3 Å². The number of nitrogens with one attached hydrogen (secondary N) is 1. The molecule has 1 aromatic carbocycles. The number of carbonyl (C=O) groups is 2. The second-order valence-electron chi connectivity index (χ2n) is 8.98. The van der Waals surface area contributed by atoms with Crippen LogP contribution < -0.4 is 10.3 Å². The van der Waals surface area contributed by atoms with E-state index in [4.69, 9.17) is 0 Å². The van der Waals surface area contributed by atoms with Gasteiger partial charge in [-0.05, 0) is 37.8 Å². The van der Waals surface area contributed by atoms with Crippen LogP contribution in [0.2, 0.25) is 0 Å². The molecule has 3 heterocycles. The first-order valence-corrected chi connectivity index (χ1v) is 11.1. The van der Waals surface area contributed by atoms with Crippen molar-refractivity contribution in [3.8, 4) is 0 Å². The Morgan fingerprint density at radius 2 is 1.83 bits per heavy atom. The number of hydrogen-bond acceptors (Lipinski definition) is 5. The van der Waals surface area contributed by atoms with E-state index in [1.807, 2.05) is 27.8 Å². The number of fused-ring (bicyclic) bond motifs is 3. The quantitative estimate of drug-likeness (QED) is 0.783. The van der Waals surface area contributed by atoms with Gasteiger partial charge in [0.05, 0.1) is 5.69 Å². The van der Waals surface area contributed by atoms with Crippen molar-refractivity contribution in [2.45, 2.75) is 43.8 Å². The molecule has 1 N–H and O–H groups in total. The number of likely N-dealkylation sites (N-methyl/N-ethyl adjacent to an activating group) is 1. The zero-order chi connectivity index (χ0) is 20.8. The Balaban J connectivity index is 1.22. The van der Waals surface area contributed by atoms with E-state index < -0.39 is 0 Å². The van der Waals surface area contributed by atoms with Crippen LogP contribution in [-0.4, -0.2) is 84.5 Å². The van der Waals surface area contributed by atoms with Crippen molar-refractivity contribution < 1.29 is 14.0 Å². The number of benzene rings is 1. The summed E-state index contributed by atoms with van der Waals surface area (Å²) in [5.74, 6) is 0.113. The van der Waals surface area contributed by atoms with Crippen molar-refractivity contribution in [1.29, 1.82) is 0 Å². The molecule has 0 spiro atoms. The molecule has 30 heavy (non-hydrogen) atoms. The van der Waals surface area contributed by atoms with E-state index in [2.05, 4.69) is 10.4 Å². The van der Waals surface area contributed by atoms with Crippen molar-refractivity contribution in [3.05, 3.63) is 30.1 Å². The minimum absolute atomic E-state index is 0.0411. The molecule has 4 aliphatic rings. The van der Waals surface area contributed by atoms with Gasteiger partial charge in [-0.15, -0.1) is 0 Å². The van der Waals surface area contributed by atoms with Gasteiger partial charge < -0.3 is 14.7 Å². The van der Waals surface area contributed by atoms with Crippen LogP contribution in [0.1, 0.15) is 25.7 Å². The minimum Gasteiger partial charge on any atom is -0.366 e. The van der Waals surface area contributed by atoms with Crippen molar-refractivity contribution in [3.63, 3.8) is 0 Å². The smallest absolute Gasteiger partial charge is 0.241 e. The summed E-state index contributed by atoms with van der Waals surface area (Å²) < 4.78 is 14.1. The second kappa shape index (κ2) is 7.81. The van der Waals surface area contributed by atoms with Crippen LogP contribution in [0.4, 0.5) is 10.1 Å². The fourth-order valence-electron chi connectivity index (χ4n) is 5.80. The molecule has 162 valence electrons. The molecule has 3 saturated heterocycles. The molecule has 4 unspecified atom stereocenters. The van der Waals surface area contributed by atoms with Crippen molar-refractivity contribution >= 4 is 17.5 Å². The number of hydrogen-bond donors (Lipinski definition) is 1. The lowest BCUT2D eigenvalue weighted by Gasteiger charge is -2.51. The topological polar surface area (TPSA) is 59.1 Å². The fraction of sp³-hybridized carbons (Fsp3) is 0.636. The Hall–Kier alpha value is -2.19. The zero-order valence-electron chi connectivity index (χ0n) is 17.5. The molecule has 5 rings (SSSR count). The molecule has 4 fully saturated rings. The fourth-order valence-corrected chi connectivity index (χ4v) is 5.80. The van der Waals surface area contributed by atoms with E-state index in [1.165, 1.54) is 6.07 Å². The average Bonchev–Trinajstić information content (AvgIpc) is 3.27. The average molecular weight is 416 g/mol. The summed E-state index contributed by atoms with van der Waals surface area (Å²) in [6.07, 6.45) is 3.38. The van der Waals surface area contributed by atoms with Crippen LogP contribution in [-0.2, 0) is 9.59 Å². The predicted molar refractivity (Wildman–Crippen MR) is 111 cm³/mol. The summed E-state index contributed by atoms with van der Waals surface area (Å²) >= 11 is 0. The van der Waals surface area contributed by atoms with Crippen LogP contribution in [0.5, 0.6) is 0 Å². The molecule has 7 nitrogen and oxygen atoms in total. The van der Waals surface area contributed by atoms with Gasteiger partial charge in [0.15, 0.2) is 0 Å².